The molecule has 8 nitrogen and oxygen atoms in total. The fourth-order valence-corrected chi connectivity index (χ4v) is 4.69. The topological polar surface area (TPSA) is 98.1 Å². The number of hydrogen-bond donors (Lipinski definition) is 2. The van der Waals surface area contributed by atoms with Gasteiger partial charge in [0.15, 0.2) is 11.0 Å². The first kappa shape index (κ1) is 30.9. The third-order valence-electron chi connectivity index (χ3n) is 5.91. The minimum atomic E-state index is -4.58. The molecule has 0 atom stereocenters. The molecule has 0 saturated heterocycles. The Balaban J connectivity index is 1.43. The molecule has 1 aromatic heterocycles. The van der Waals surface area contributed by atoms with Gasteiger partial charge in [-0.15, -0.1) is 10.2 Å². The monoisotopic (exact) mass is 617 g/mol. The van der Waals surface area contributed by atoms with Crippen LogP contribution in [0.5, 0.6) is 5.75 Å². The van der Waals surface area contributed by atoms with Gasteiger partial charge >= 0.3 is 6.18 Å². The number of anilines is 1. The molecule has 3 aromatic carbocycles. The van der Waals surface area contributed by atoms with E-state index in [0.29, 0.717) is 34.6 Å². The molecule has 42 heavy (non-hydrogen) atoms. The molecule has 2 amide bonds. The van der Waals surface area contributed by atoms with Gasteiger partial charge in [0, 0.05) is 11.3 Å². The van der Waals surface area contributed by atoms with Crippen LogP contribution in [0.15, 0.2) is 78.0 Å². The van der Waals surface area contributed by atoms with Gasteiger partial charge in [0.2, 0.25) is 5.91 Å². The lowest BCUT2D eigenvalue weighted by Gasteiger charge is -2.12. The molecule has 0 spiro atoms. The predicted octanol–water partition coefficient (Wildman–Crippen LogP) is 6.78. The zero-order valence-corrected chi connectivity index (χ0v) is 24.0. The van der Waals surface area contributed by atoms with Gasteiger partial charge in [-0.1, -0.05) is 54.9 Å². The largest absolute Gasteiger partial charge is 0.494 e. The summed E-state index contributed by atoms with van der Waals surface area (Å²) >= 11 is 7.03. The Morgan fingerprint density at radius 2 is 1.76 bits per heavy atom. The Morgan fingerprint density at radius 1 is 1.02 bits per heavy atom. The number of alkyl halides is 3. The summed E-state index contributed by atoms with van der Waals surface area (Å²) in [5.74, 6) is 0.0177. The average Bonchev–Trinajstić information content (AvgIpc) is 3.39. The van der Waals surface area contributed by atoms with Crippen molar-refractivity contribution >= 4 is 40.9 Å². The number of carbonyl (C=O) groups is 2. The van der Waals surface area contributed by atoms with E-state index in [1.165, 1.54) is 0 Å². The molecular formula is C29H27ClF3N5O3S. The van der Waals surface area contributed by atoms with E-state index in [2.05, 4.69) is 27.8 Å². The smallest absolute Gasteiger partial charge is 0.416 e. The average molecular weight is 618 g/mol. The van der Waals surface area contributed by atoms with Crippen molar-refractivity contribution in [3.8, 4) is 11.4 Å². The van der Waals surface area contributed by atoms with Crippen LogP contribution in [0.25, 0.3) is 5.69 Å². The minimum absolute atomic E-state index is 0.0227. The van der Waals surface area contributed by atoms with Gasteiger partial charge in [-0.05, 0) is 61.0 Å². The first-order valence-corrected chi connectivity index (χ1v) is 14.3. The van der Waals surface area contributed by atoms with E-state index in [9.17, 15) is 22.8 Å². The Hall–Kier alpha value is -4.03. The number of aromatic nitrogens is 3. The van der Waals surface area contributed by atoms with E-state index in [-0.39, 0.29) is 28.9 Å². The Morgan fingerprint density at radius 3 is 2.45 bits per heavy atom. The summed E-state index contributed by atoms with van der Waals surface area (Å²) in [5.41, 5.74) is 0.0690. The number of unbranched alkanes of at least 4 members (excludes halogenated alkanes) is 1. The van der Waals surface area contributed by atoms with Crippen LogP contribution in [-0.2, 0) is 17.5 Å². The Labute approximate surface area is 249 Å². The number of carbonyl (C=O) groups excluding carboxylic acids is 2. The fraction of sp³-hybridized carbons (Fsp3) is 0.241. The van der Waals surface area contributed by atoms with Crippen molar-refractivity contribution in [1.29, 1.82) is 0 Å². The second-order valence-electron chi connectivity index (χ2n) is 9.01. The van der Waals surface area contributed by atoms with Crippen LogP contribution in [0, 0.1) is 0 Å². The van der Waals surface area contributed by atoms with Crippen molar-refractivity contribution in [2.24, 2.45) is 0 Å². The van der Waals surface area contributed by atoms with Crippen LogP contribution in [0.2, 0.25) is 5.02 Å². The van der Waals surface area contributed by atoms with E-state index in [1.54, 1.807) is 28.8 Å². The Kier molecular flexibility index (Phi) is 10.5. The van der Waals surface area contributed by atoms with E-state index < -0.39 is 17.6 Å². The second kappa shape index (κ2) is 14.2. The SMILES string of the molecule is CCCCOc1ccc(C(=O)NCc2nnc(SCC(=O)Nc3cc(C(F)(F)F)ccc3Cl)n2-c2ccccc2)cc1. The highest BCUT2D eigenvalue weighted by Gasteiger charge is 2.31. The third-order valence-corrected chi connectivity index (χ3v) is 7.16. The molecule has 220 valence electrons. The lowest BCUT2D eigenvalue weighted by molar-refractivity contribution is -0.137. The third kappa shape index (κ3) is 8.26. The van der Waals surface area contributed by atoms with Crippen molar-refractivity contribution in [1.82, 2.24) is 20.1 Å². The minimum Gasteiger partial charge on any atom is -0.494 e. The summed E-state index contributed by atoms with van der Waals surface area (Å²) in [4.78, 5) is 25.4. The molecule has 4 aromatic rings. The maximum absolute atomic E-state index is 13.1. The number of para-hydroxylation sites is 1. The van der Waals surface area contributed by atoms with Gasteiger partial charge in [-0.2, -0.15) is 13.2 Å². The molecule has 13 heteroatoms. The molecule has 0 aliphatic heterocycles. The highest BCUT2D eigenvalue weighted by atomic mass is 35.5. The molecule has 0 aliphatic rings. The zero-order valence-electron chi connectivity index (χ0n) is 22.5. The molecular weight excluding hydrogens is 591 g/mol. The molecule has 0 saturated carbocycles. The van der Waals surface area contributed by atoms with E-state index in [0.717, 1.165) is 42.8 Å². The standard InChI is InChI=1S/C29H27ClF3N5O3S/c1-2-3-15-41-22-12-9-19(10-13-22)27(40)34-17-25-36-37-28(38(25)21-7-5-4-6-8-21)42-18-26(39)35-24-16-20(29(31,32)33)11-14-23(24)30/h4-14,16H,2-3,15,17-18H2,1H3,(H,34,40)(H,35,39). The van der Waals surface area contributed by atoms with Crippen LogP contribution in [-0.4, -0.2) is 38.9 Å². The lowest BCUT2D eigenvalue weighted by atomic mass is 10.2. The lowest BCUT2D eigenvalue weighted by Crippen LogP contribution is -2.24. The first-order chi connectivity index (χ1) is 20.2. The van der Waals surface area contributed by atoms with Gasteiger partial charge in [-0.25, -0.2) is 0 Å². The van der Waals surface area contributed by atoms with Gasteiger partial charge < -0.3 is 15.4 Å². The Bertz CT molecular complexity index is 1520. The molecule has 0 fully saturated rings. The van der Waals surface area contributed by atoms with Crippen LogP contribution < -0.4 is 15.4 Å². The predicted molar refractivity (Wildman–Crippen MR) is 155 cm³/mol. The van der Waals surface area contributed by atoms with Crippen molar-refractivity contribution < 1.29 is 27.5 Å². The molecule has 0 radical (unpaired) electrons. The van der Waals surface area contributed by atoms with Crippen LogP contribution >= 0.6 is 23.4 Å². The number of rotatable bonds is 12. The van der Waals surface area contributed by atoms with E-state index in [4.69, 9.17) is 16.3 Å². The summed E-state index contributed by atoms with van der Waals surface area (Å²) in [5, 5.41) is 14.0. The molecule has 0 aliphatic carbocycles. The second-order valence-corrected chi connectivity index (χ2v) is 10.4. The molecule has 0 unspecified atom stereocenters. The molecule has 4 rings (SSSR count). The zero-order chi connectivity index (χ0) is 30.1. The van der Waals surface area contributed by atoms with Gasteiger partial charge in [0.1, 0.15) is 5.75 Å². The van der Waals surface area contributed by atoms with Gasteiger partial charge in [0.05, 0.1) is 35.2 Å². The van der Waals surface area contributed by atoms with E-state index in [1.807, 2.05) is 30.3 Å². The summed E-state index contributed by atoms with van der Waals surface area (Å²) in [6.07, 6.45) is -2.61. The molecule has 2 N–H and O–H groups in total. The summed E-state index contributed by atoms with van der Waals surface area (Å²) in [6.45, 7) is 2.73. The normalized spacial score (nSPS) is 11.3. The van der Waals surface area contributed by atoms with Gasteiger partial charge in [-0.3, -0.25) is 14.2 Å². The highest BCUT2D eigenvalue weighted by molar-refractivity contribution is 7.99. The van der Waals surface area contributed by atoms with Crippen molar-refractivity contribution in [2.45, 2.75) is 37.6 Å². The van der Waals surface area contributed by atoms with Crippen molar-refractivity contribution in [2.75, 3.05) is 17.7 Å². The number of halogens is 4. The molecule has 0 bridgehead atoms. The number of thioether (sulfide) groups is 1. The summed E-state index contributed by atoms with van der Waals surface area (Å²) < 4.78 is 46.6. The van der Waals surface area contributed by atoms with Crippen LogP contribution in [0.1, 0.15) is 41.5 Å². The van der Waals surface area contributed by atoms with E-state index >= 15 is 0 Å². The van der Waals surface area contributed by atoms with Gasteiger partial charge in [0.25, 0.3) is 5.91 Å². The quantitative estimate of drug-likeness (QED) is 0.134. The number of hydrogen-bond acceptors (Lipinski definition) is 6. The summed E-state index contributed by atoms with van der Waals surface area (Å²) in [7, 11) is 0. The number of nitrogens with zero attached hydrogens (tertiary/aromatic N) is 3. The van der Waals surface area contributed by atoms with Crippen LogP contribution in [0.3, 0.4) is 0 Å². The highest BCUT2D eigenvalue weighted by Crippen LogP contribution is 2.34. The maximum Gasteiger partial charge on any atom is 0.416 e. The van der Waals surface area contributed by atoms with Crippen molar-refractivity contribution in [3.63, 3.8) is 0 Å². The van der Waals surface area contributed by atoms with Crippen molar-refractivity contribution in [3.05, 3.63) is 94.8 Å². The maximum atomic E-state index is 13.1. The number of amides is 2. The fourth-order valence-electron chi connectivity index (χ4n) is 3.76. The first-order valence-electron chi connectivity index (χ1n) is 13.0. The number of benzene rings is 3. The number of nitrogens with one attached hydrogen (secondary N) is 2. The molecule has 1 heterocycles. The van der Waals surface area contributed by atoms with Crippen LogP contribution in [0.4, 0.5) is 18.9 Å². The number of ether oxygens (including phenoxy) is 1. The summed E-state index contributed by atoms with van der Waals surface area (Å²) in [6, 6.07) is 18.6.